The summed E-state index contributed by atoms with van der Waals surface area (Å²) in [6, 6.07) is 0. The third-order valence-electron chi connectivity index (χ3n) is 3.91. The lowest BCUT2D eigenvalue weighted by Gasteiger charge is -2.22. The van der Waals surface area contributed by atoms with Crippen molar-refractivity contribution in [3.8, 4) is 0 Å². The van der Waals surface area contributed by atoms with Crippen LogP contribution in [0.2, 0.25) is 0 Å². The van der Waals surface area contributed by atoms with E-state index >= 15 is 0 Å². The Labute approximate surface area is 105 Å². The lowest BCUT2D eigenvalue weighted by atomic mass is 9.87. The van der Waals surface area contributed by atoms with Gasteiger partial charge in [-0.2, -0.15) is 0 Å². The van der Waals surface area contributed by atoms with Crippen molar-refractivity contribution in [2.24, 2.45) is 17.8 Å². The summed E-state index contributed by atoms with van der Waals surface area (Å²) in [5.41, 5.74) is 0. The molecular weight excluding hydrogens is 214 g/mol. The van der Waals surface area contributed by atoms with Crippen LogP contribution in [0.3, 0.4) is 0 Å². The minimum atomic E-state index is -0.249. The molecule has 0 aromatic carbocycles. The van der Waals surface area contributed by atoms with Gasteiger partial charge in [-0.1, -0.05) is 46.0 Å². The zero-order valence-corrected chi connectivity index (χ0v) is 11.2. The maximum Gasteiger partial charge on any atom is 0.225 e. The van der Waals surface area contributed by atoms with Crippen LogP contribution in [0, 0.1) is 17.8 Å². The van der Waals surface area contributed by atoms with Crippen LogP contribution in [0.1, 0.15) is 52.4 Å². The van der Waals surface area contributed by atoms with Crippen LogP contribution in [0.4, 0.5) is 0 Å². The molecule has 0 aliphatic heterocycles. The summed E-state index contributed by atoms with van der Waals surface area (Å²) in [5.74, 6) is 0.769. The van der Waals surface area contributed by atoms with Crippen LogP contribution < -0.4 is 5.32 Å². The molecule has 17 heavy (non-hydrogen) atoms. The normalized spacial score (nSPS) is 19.3. The molecule has 0 saturated heterocycles. The molecule has 1 rings (SSSR count). The molecule has 1 unspecified atom stereocenters. The Morgan fingerprint density at radius 2 is 1.94 bits per heavy atom. The lowest BCUT2D eigenvalue weighted by Crippen LogP contribution is -2.36. The van der Waals surface area contributed by atoms with Crippen LogP contribution >= 0.6 is 0 Å². The van der Waals surface area contributed by atoms with Crippen molar-refractivity contribution in [2.45, 2.75) is 52.4 Å². The Morgan fingerprint density at radius 1 is 1.29 bits per heavy atom. The second-order valence-electron chi connectivity index (χ2n) is 5.62. The first-order valence-electron chi connectivity index (χ1n) is 7.03. The van der Waals surface area contributed by atoms with Gasteiger partial charge in [-0.15, -0.1) is 0 Å². The zero-order chi connectivity index (χ0) is 12.7. The summed E-state index contributed by atoms with van der Waals surface area (Å²) in [6.45, 7) is 4.67. The summed E-state index contributed by atoms with van der Waals surface area (Å²) >= 11 is 0. The van der Waals surface area contributed by atoms with Crippen molar-refractivity contribution in [1.82, 2.24) is 5.32 Å². The van der Waals surface area contributed by atoms with E-state index in [1.807, 2.05) is 13.8 Å². The Bertz CT molecular complexity index is 222. The van der Waals surface area contributed by atoms with E-state index in [2.05, 4.69) is 5.32 Å². The molecule has 0 aromatic heterocycles. The molecule has 1 atom stereocenters. The highest BCUT2D eigenvalue weighted by molar-refractivity contribution is 5.78. The second-order valence-corrected chi connectivity index (χ2v) is 5.62. The summed E-state index contributed by atoms with van der Waals surface area (Å²) in [6.07, 6.45) is 7.82. The van der Waals surface area contributed by atoms with Gasteiger partial charge < -0.3 is 10.4 Å². The molecule has 1 amide bonds. The average Bonchev–Trinajstić information content (AvgIpc) is 2.30. The van der Waals surface area contributed by atoms with Gasteiger partial charge in [0.05, 0.1) is 12.5 Å². The maximum atomic E-state index is 11.8. The van der Waals surface area contributed by atoms with E-state index in [1.165, 1.54) is 32.1 Å². The Kier molecular flexibility index (Phi) is 6.56. The quantitative estimate of drug-likeness (QED) is 0.750. The predicted octanol–water partition coefficient (Wildman–Crippen LogP) is 2.34. The molecule has 0 radical (unpaired) electrons. The molecule has 0 aromatic rings. The fraction of sp³-hybridized carbons (Fsp3) is 0.929. The zero-order valence-electron chi connectivity index (χ0n) is 11.2. The van der Waals surface area contributed by atoms with E-state index in [0.29, 0.717) is 0 Å². The molecule has 0 spiro atoms. The minimum absolute atomic E-state index is 0.0123. The van der Waals surface area contributed by atoms with Crippen LogP contribution in [0.5, 0.6) is 0 Å². The van der Waals surface area contributed by atoms with E-state index in [0.717, 1.165) is 18.9 Å². The number of hydrogen-bond donors (Lipinski definition) is 2. The van der Waals surface area contributed by atoms with Gasteiger partial charge in [-0.3, -0.25) is 4.79 Å². The first kappa shape index (κ1) is 14.5. The highest BCUT2D eigenvalue weighted by Crippen LogP contribution is 2.25. The van der Waals surface area contributed by atoms with Crippen molar-refractivity contribution in [3.63, 3.8) is 0 Å². The number of aliphatic hydroxyl groups excluding tert-OH is 1. The van der Waals surface area contributed by atoms with Gasteiger partial charge >= 0.3 is 0 Å². The topological polar surface area (TPSA) is 49.3 Å². The number of carbonyl (C=O) groups is 1. The van der Waals surface area contributed by atoms with Crippen LogP contribution in [0.25, 0.3) is 0 Å². The van der Waals surface area contributed by atoms with E-state index in [-0.39, 0.29) is 24.3 Å². The molecule has 1 saturated carbocycles. The number of rotatable bonds is 6. The van der Waals surface area contributed by atoms with Crippen LogP contribution in [0.15, 0.2) is 0 Å². The fourth-order valence-electron chi connectivity index (χ4n) is 2.60. The Morgan fingerprint density at radius 3 is 2.47 bits per heavy atom. The second kappa shape index (κ2) is 7.70. The monoisotopic (exact) mass is 241 g/mol. The van der Waals surface area contributed by atoms with Gasteiger partial charge in [0.15, 0.2) is 0 Å². The van der Waals surface area contributed by atoms with Gasteiger partial charge in [-0.05, 0) is 18.3 Å². The van der Waals surface area contributed by atoms with E-state index < -0.39 is 0 Å². The first-order chi connectivity index (χ1) is 8.15. The van der Waals surface area contributed by atoms with Crippen LogP contribution in [-0.4, -0.2) is 24.2 Å². The highest BCUT2D eigenvalue weighted by Gasteiger charge is 2.21. The number of nitrogens with one attached hydrogen (secondary N) is 1. The van der Waals surface area contributed by atoms with E-state index in [9.17, 15) is 4.79 Å². The smallest absolute Gasteiger partial charge is 0.225 e. The Hall–Kier alpha value is -0.570. The van der Waals surface area contributed by atoms with Gasteiger partial charge in [0.25, 0.3) is 0 Å². The average molecular weight is 241 g/mol. The minimum Gasteiger partial charge on any atom is -0.396 e. The number of amides is 1. The molecule has 1 aliphatic rings. The molecule has 0 bridgehead atoms. The van der Waals surface area contributed by atoms with Gasteiger partial charge in [-0.25, -0.2) is 0 Å². The van der Waals surface area contributed by atoms with Crippen LogP contribution in [-0.2, 0) is 4.79 Å². The van der Waals surface area contributed by atoms with E-state index in [4.69, 9.17) is 5.11 Å². The number of hydrogen-bond acceptors (Lipinski definition) is 2. The summed E-state index contributed by atoms with van der Waals surface area (Å²) in [5, 5.41) is 12.1. The third kappa shape index (κ3) is 5.07. The maximum absolute atomic E-state index is 11.8. The molecule has 0 heterocycles. The SMILES string of the molecule is CC(C)C(CO)C(=O)NCCC1CCCCC1. The summed E-state index contributed by atoms with van der Waals surface area (Å²) < 4.78 is 0. The van der Waals surface area contributed by atoms with Crippen molar-refractivity contribution < 1.29 is 9.90 Å². The number of carbonyl (C=O) groups excluding carboxylic acids is 1. The van der Waals surface area contributed by atoms with Crippen molar-refractivity contribution in [2.75, 3.05) is 13.2 Å². The third-order valence-corrected chi connectivity index (χ3v) is 3.91. The molecule has 3 nitrogen and oxygen atoms in total. The van der Waals surface area contributed by atoms with Crippen molar-refractivity contribution >= 4 is 5.91 Å². The molecule has 3 heteroatoms. The largest absolute Gasteiger partial charge is 0.396 e. The van der Waals surface area contributed by atoms with Crippen molar-refractivity contribution in [3.05, 3.63) is 0 Å². The van der Waals surface area contributed by atoms with E-state index in [1.54, 1.807) is 0 Å². The van der Waals surface area contributed by atoms with Gasteiger partial charge in [0.2, 0.25) is 5.91 Å². The molecule has 100 valence electrons. The number of aliphatic hydroxyl groups is 1. The van der Waals surface area contributed by atoms with Gasteiger partial charge in [0, 0.05) is 6.54 Å². The van der Waals surface area contributed by atoms with Crippen molar-refractivity contribution in [1.29, 1.82) is 0 Å². The fourth-order valence-corrected chi connectivity index (χ4v) is 2.60. The first-order valence-corrected chi connectivity index (χ1v) is 7.03. The molecule has 1 fully saturated rings. The predicted molar refractivity (Wildman–Crippen MR) is 69.6 cm³/mol. The molecule has 2 N–H and O–H groups in total. The lowest BCUT2D eigenvalue weighted by molar-refractivity contribution is -0.127. The Balaban J connectivity index is 2.18. The standard InChI is InChI=1S/C14H27NO2/c1-11(2)13(10-16)14(17)15-9-8-12-6-4-3-5-7-12/h11-13,16H,3-10H2,1-2H3,(H,15,17). The molecule has 1 aliphatic carbocycles. The summed E-state index contributed by atoms with van der Waals surface area (Å²) in [7, 11) is 0. The van der Waals surface area contributed by atoms with Gasteiger partial charge in [0.1, 0.15) is 0 Å². The summed E-state index contributed by atoms with van der Waals surface area (Å²) in [4.78, 5) is 11.8. The molecular formula is C14H27NO2. The highest BCUT2D eigenvalue weighted by atomic mass is 16.3.